The first-order valence-electron chi connectivity index (χ1n) is 11.0. The fourth-order valence-electron chi connectivity index (χ4n) is 4.23. The predicted molar refractivity (Wildman–Crippen MR) is 131 cm³/mol. The maximum Gasteiger partial charge on any atom is 0.270 e. The zero-order chi connectivity index (χ0) is 22.7. The van der Waals surface area contributed by atoms with Crippen molar-refractivity contribution in [2.24, 2.45) is 0 Å². The lowest BCUT2D eigenvalue weighted by Crippen LogP contribution is -2.54. The van der Waals surface area contributed by atoms with Crippen LogP contribution in [0.2, 0.25) is 0 Å². The third-order valence-corrected chi connectivity index (χ3v) is 6.24. The van der Waals surface area contributed by atoms with Gasteiger partial charge in [-0.2, -0.15) is 0 Å². The molecule has 2 fully saturated rings. The highest BCUT2D eigenvalue weighted by molar-refractivity contribution is 7.80. The van der Waals surface area contributed by atoms with Gasteiger partial charge in [0.2, 0.25) is 0 Å². The fraction of sp³-hybridized carbons (Fsp3) is 0.320. The number of amides is 2. The number of hydrogen-bond donors (Lipinski definition) is 1. The molecule has 2 aromatic carbocycles. The van der Waals surface area contributed by atoms with E-state index < -0.39 is 11.8 Å². The van der Waals surface area contributed by atoms with E-state index in [2.05, 4.69) is 10.2 Å². The summed E-state index contributed by atoms with van der Waals surface area (Å²) in [5.74, 6) is -0.330. The van der Waals surface area contributed by atoms with Crippen LogP contribution in [0.15, 0.2) is 48.0 Å². The molecule has 2 amide bonds. The maximum atomic E-state index is 13.4. The summed E-state index contributed by atoms with van der Waals surface area (Å²) in [4.78, 5) is 29.8. The Labute approximate surface area is 193 Å². The van der Waals surface area contributed by atoms with E-state index in [0.717, 1.165) is 30.8 Å². The Bertz CT molecular complexity index is 1090. The molecule has 2 heterocycles. The van der Waals surface area contributed by atoms with Crippen molar-refractivity contribution < 1.29 is 14.3 Å². The van der Waals surface area contributed by atoms with Crippen molar-refractivity contribution in [2.45, 2.75) is 32.6 Å². The van der Waals surface area contributed by atoms with Gasteiger partial charge in [-0.1, -0.05) is 25.1 Å². The van der Waals surface area contributed by atoms with Crippen molar-refractivity contribution in [1.82, 2.24) is 5.32 Å². The molecule has 2 aliphatic heterocycles. The minimum absolute atomic E-state index is 0.0218. The number of carbonyl (C=O) groups is 2. The standard InChI is InChI=1S/C25H27N3O3S/c1-3-17-9-5-6-10-21(17)28-24(30)20(23(29)26-25(28)32)15-18-11-12-19(16-22(18)31-2)27-13-7-4-8-14-27/h5-6,9-12,15-16H,3-4,7-8,13-14H2,1-2H3,(H,26,29,32)/b20-15+. The molecule has 166 valence electrons. The van der Waals surface area contributed by atoms with Crippen LogP contribution in [-0.4, -0.2) is 37.1 Å². The molecule has 0 aliphatic carbocycles. The van der Waals surface area contributed by atoms with Crippen molar-refractivity contribution in [2.75, 3.05) is 30.0 Å². The number of nitrogens with one attached hydrogen (secondary N) is 1. The molecular weight excluding hydrogens is 422 g/mol. The van der Waals surface area contributed by atoms with Gasteiger partial charge in [-0.3, -0.25) is 19.8 Å². The third-order valence-electron chi connectivity index (χ3n) is 5.95. The normalized spacial score (nSPS) is 18.2. The summed E-state index contributed by atoms with van der Waals surface area (Å²) in [6, 6.07) is 13.4. The fourth-order valence-corrected chi connectivity index (χ4v) is 4.50. The summed E-state index contributed by atoms with van der Waals surface area (Å²) in [5.41, 5.74) is 3.44. The van der Waals surface area contributed by atoms with E-state index in [1.807, 2.05) is 49.4 Å². The van der Waals surface area contributed by atoms with Gasteiger partial charge in [-0.25, -0.2) is 0 Å². The quantitative estimate of drug-likeness (QED) is 0.423. The molecule has 0 atom stereocenters. The van der Waals surface area contributed by atoms with Crippen LogP contribution in [-0.2, 0) is 16.0 Å². The number of rotatable bonds is 5. The highest BCUT2D eigenvalue weighted by Gasteiger charge is 2.35. The zero-order valence-electron chi connectivity index (χ0n) is 18.4. The van der Waals surface area contributed by atoms with Crippen LogP contribution < -0.4 is 19.9 Å². The first-order chi connectivity index (χ1) is 15.5. The molecule has 2 aliphatic rings. The second-order valence-electron chi connectivity index (χ2n) is 7.91. The highest BCUT2D eigenvalue weighted by Crippen LogP contribution is 2.31. The minimum atomic E-state index is -0.507. The first-order valence-corrected chi connectivity index (χ1v) is 11.4. The molecule has 4 rings (SSSR count). The van der Waals surface area contributed by atoms with Gasteiger partial charge in [0.15, 0.2) is 5.11 Å². The number of thiocarbonyl (C=S) groups is 1. The maximum absolute atomic E-state index is 13.4. The van der Waals surface area contributed by atoms with E-state index in [9.17, 15) is 9.59 Å². The number of methoxy groups -OCH3 is 1. The molecule has 0 saturated carbocycles. The van der Waals surface area contributed by atoms with Gasteiger partial charge in [0, 0.05) is 30.4 Å². The van der Waals surface area contributed by atoms with Crippen molar-refractivity contribution in [3.05, 3.63) is 59.2 Å². The Kier molecular flexibility index (Phi) is 6.55. The van der Waals surface area contributed by atoms with Gasteiger partial charge in [0.05, 0.1) is 12.8 Å². The first kappa shape index (κ1) is 22.0. The zero-order valence-corrected chi connectivity index (χ0v) is 19.2. The van der Waals surface area contributed by atoms with E-state index in [1.54, 1.807) is 13.2 Å². The monoisotopic (exact) mass is 449 g/mol. The molecule has 0 spiro atoms. The summed E-state index contributed by atoms with van der Waals surface area (Å²) < 4.78 is 5.60. The van der Waals surface area contributed by atoms with Gasteiger partial charge in [-0.15, -0.1) is 0 Å². The van der Waals surface area contributed by atoms with Crippen LogP contribution in [0.3, 0.4) is 0 Å². The van der Waals surface area contributed by atoms with Gasteiger partial charge in [0.1, 0.15) is 11.3 Å². The number of ether oxygens (including phenoxy) is 1. The Balaban J connectivity index is 1.70. The average molecular weight is 450 g/mol. The molecular formula is C25H27N3O3S. The number of hydrogen-bond acceptors (Lipinski definition) is 5. The Hall–Kier alpha value is -3.19. The van der Waals surface area contributed by atoms with Crippen LogP contribution >= 0.6 is 12.2 Å². The Morgan fingerprint density at radius 1 is 1.09 bits per heavy atom. The third kappa shape index (κ3) is 4.25. The van der Waals surface area contributed by atoms with Gasteiger partial charge < -0.3 is 9.64 Å². The molecule has 32 heavy (non-hydrogen) atoms. The number of nitrogens with zero attached hydrogens (tertiary/aromatic N) is 2. The Morgan fingerprint density at radius 3 is 2.56 bits per heavy atom. The summed E-state index contributed by atoms with van der Waals surface area (Å²) in [7, 11) is 1.60. The molecule has 2 saturated heterocycles. The van der Waals surface area contributed by atoms with Crippen LogP contribution in [0, 0.1) is 0 Å². The summed E-state index contributed by atoms with van der Waals surface area (Å²) in [6.07, 6.45) is 5.94. The second-order valence-corrected chi connectivity index (χ2v) is 8.30. The average Bonchev–Trinajstić information content (AvgIpc) is 2.82. The molecule has 6 nitrogen and oxygen atoms in total. The lowest BCUT2D eigenvalue weighted by molar-refractivity contribution is -0.122. The van der Waals surface area contributed by atoms with Crippen molar-refractivity contribution >= 4 is 46.6 Å². The van der Waals surface area contributed by atoms with Gasteiger partial charge in [0.25, 0.3) is 11.8 Å². The predicted octanol–water partition coefficient (Wildman–Crippen LogP) is 4.08. The molecule has 0 unspecified atom stereocenters. The van der Waals surface area contributed by atoms with Gasteiger partial charge in [-0.05, 0) is 67.7 Å². The smallest absolute Gasteiger partial charge is 0.270 e. The van der Waals surface area contributed by atoms with E-state index >= 15 is 0 Å². The number of benzene rings is 2. The van der Waals surface area contributed by atoms with E-state index in [4.69, 9.17) is 17.0 Å². The largest absolute Gasteiger partial charge is 0.496 e. The van der Waals surface area contributed by atoms with Crippen LogP contribution in [0.25, 0.3) is 6.08 Å². The van der Waals surface area contributed by atoms with Gasteiger partial charge >= 0.3 is 0 Å². The van der Waals surface area contributed by atoms with E-state index in [-0.39, 0.29) is 10.7 Å². The lowest BCUT2D eigenvalue weighted by atomic mass is 10.0. The van der Waals surface area contributed by atoms with Crippen molar-refractivity contribution in [3.8, 4) is 5.75 Å². The number of carbonyl (C=O) groups excluding carboxylic acids is 2. The molecule has 1 N–H and O–H groups in total. The molecule has 0 radical (unpaired) electrons. The number of anilines is 2. The van der Waals surface area contributed by atoms with E-state index in [1.165, 1.54) is 24.2 Å². The number of aryl methyl sites for hydroxylation is 1. The van der Waals surface area contributed by atoms with Crippen molar-refractivity contribution in [1.29, 1.82) is 0 Å². The molecule has 7 heteroatoms. The number of piperidine rings is 1. The second kappa shape index (κ2) is 9.53. The summed E-state index contributed by atoms with van der Waals surface area (Å²) >= 11 is 5.34. The topological polar surface area (TPSA) is 61.9 Å². The van der Waals surface area contributed by atoms with Crippen LogP contribution in [0.4, 0.5) is 11.4 Å². The van der Waals surface area contributed by atoms with E-state index in [0.29, 0.717) is 17.0 Å². The minimum Gasteiger partial charge on any atom is -0.496 e. The van der Waals surface area contributed by atoms with Crippen LogP contribution in [0.5, 0.6) is 5.75 Å². The number of para-hydroxylation sites is 1. The highest BCUT2D eigenvalue weighted by atomic mass is 32.1. The molecule has 0 aromatic heterocycles. The summed E-state index contributed by atoms with van der Waals surface area (Å²) in [6.45, 7) is 4.06. The SMILES string of the molecule is CCc1ccccc1N1C(=O)/C(=C/c2ccc(N3CCCCC3)cc2OC)C(=O)NC1=S. The Morgan fingerprint density at radius 2 is 1.84 bits per heavy atom. The van der Waals surface area contributed by atoms with Crippen molar-refractivity contribution in [3.63, 3.8) is 0 Å². The van der Waals surface area contributed by atoms with Crippen LogP contribution in [0.1, 0.15) is 37.3 Å². The molecule has 0 bridgehead atoms. The summed E-state index contributed by atoms with van der Waals surface area (Å²) in [5, 5.41) is 2.75. The lowest BCUT2D eigenvalue weighted by Gasteiger charge is -2.30. The molecule has 2 aromatic rings.